The van der Waals surface area contributed by atoms with Crippen LogP contribution in [0.1, 0.15) is 24.8 Å². The van der Waals surface area contributed by atoms with E-state index in [1.165, 1.54) is 10.5 Å². The van der Waals surface area contributed by atoms with Gasteiger partial charge in [-0.25, -0.2) is 0 Å². The van der Waals surface area contributed by atoms with Gasteiger partial charge in [0.2, 0.25) is 0 Å². The van der Waals surface area contributed by atoms with Gasteiger partial charge in [0.1, 0.15) is 0 Å². The van der Waals surface area contributed by atoms with Crippen molar-refractivity contribution >= 4 is 17.7 Å². The number of nitrogens with two attached hydrogens (primary N) is 1. The summed E-state index contributed by atoms with van der Waals surface area (Å²) in [7, 11) is 0. The Balaban J connectivity index is 1.64. The van der Waals surface area contributed by atoms with Crippen molar-refractivity contribution in [3.05, 3.63) is 66.2 Å². The molecule has 2 aromatic carbocycles. The van der Waals surface area contributed by atoms with Crippen LogP contribution in [0.2, 0.25) is 0 Å². The van der Waals surface area contributed by atoms with Crippen LogP contribution in [0.25, 0.3) is 0 Å². The van der Waals surface area contributed by atoms with E-state index >= 15 is 0 Å². The van der Waals surface area contributed by atoms with E-state index in [4.69, 9.17) is 11.1 Å². The van der Waals surface area contributed by atoms with Crippen LogP contribution in [0, 0.1) is 5.41 Å². The summed E-state index contributed by atoms with van der Waals surface area (Å²) in [6, 6.07) is 21.3. The number of rotatable bonds is 5. The normalized spacial score (nSPS) is 20.6. The third-order valence-corrected chi connectivity index (χ3v) is 5.63. The average molecular weight is 325 g/mol. The van der Waals surface area contributed by atoms with Crippen LogP contribution in [0.5, 0.6) is 0 Å². The molecule has 0 saturated carbocycles. The molecule has 2 atom stereocenters. The van der Waals surface area contributed by atoms with Crippen molar-refractivity contribution in [2.24, 2.45) is 5.73 Å². The van der Waals surface area contributed by atoms with Gasteiger partial charge in [0.25, 0.3) is 0 Å². The molecule has 3 rings (SSSR count). The standard InChI is InChI=1S/C19H23N3S/c20-19(21)22-16(12-11-15-7-3-1-4-8-15)13-14-18(22)23-17-9-5-2-6-10-17/h1-10,16,18H,11-14H2,(H3,20,21)/t16-,18?/m1/s1. The SMILES string of the molecule is N=C(N)N1C(Sc2ccccc2)CC[C@H]1CCc1ccccc1. The van der Waals surface area contributed by atoms with Gasteiger partial charge in [-0.1, -0.05) is 48.5 Å². The van der Waals surface area contributed by atoms with Crippen molar-refractivity contribution in [1.29, 1.82) is 5.41 Å². The van der Waals surface area contributed by atoms with Crippen LogP contribution in [0.4, 0.5) is 0 Å². The van der Waals surface area contributed by atoms with Gasteiger partial charge in [-0.05, 0) is 43.4 Å². The lowest BCUT2D eigenvalue weighted by Crippen LogP contribution is -2.44. The first-order valence-corrected chi connectivity index (χ1v) is 9.00. The van der Waals surface area contributed by atoms with E-state index in [1.54, 1.807) is 0 Å². The molecular weight excluding hydrogens is 302 g/mol. The molecule has 3 N–H and O–H groups in total. The Labute approximate surface area is 142 Å². The third-order valence-electron chi connectivity index (χ3n) is 4.35. The monoisotopic (exact) mass is 325 g/mol. The predicted octanol–water partition coefficient (Wildman–Crippen LogP) is 4.10. The number of guanidine groups is 1. The fourth-order valence-electron chi connectivity index (χ4n) is 3.23. The maximum absolute atomic E-state index is 7.99. The first-order chi connectivity index (χ1) is 11.2. The minimum Gasteiger partial charge on any atom is -0.370 e. The van der Waals surface area contributed by atoms with Crippen LogP contribution >= 0.6 is 11.8 Å². The van der Waals surface area contributed by atoms with Crippen molar-refractivity contribution in [3.63, 3.8) is 0 Å². The number of hydrogen-bond donors (Lipinski definition) is 2. The lowest BCUT2D eigenvalue weighted by Gasteiger charge is -2.30. The summed E-state index contributed by atoms with van der Waals surface area (Å²) in [5.74, 6) is 0.203. The van der Waals surface area contributed by atoms with Gasteiger partial charge in [-0.15, -0.1) is 11.8 Å². The lowest BCUT2D eigenvalue weighted by atomic mass is 10.0. The first kappa shape index (κ1) is 15.9. The molecule has 1 aliphatic rings. The molecule has 0 spiro atoms. The second kappa shape index (κ2) is 7.55. The highest BCUT2D eigenvalue weighted by atomic mass is 32.2. The van der Waals surface area contributed by atoms with Gasteiger partial charge in [-0.2, -0.15) is 0 Å². The van der Waals surface area contributed by atoms with Crippen LogP contribution in [-0.2, 0) is 6.42 Å². The number of benzene rings is 2. The Morgan fingerprint density at radius 1 is 1.04 bits per heavy atom. The Hall–Kier alpha value is -1.94. The van der Waals surface area contributed by atoms with E-state index in [1.807, 2.05) is 23.9 Å². The molecule has 0 amide bonds. The largest absolute Gasteiger partial charge is 0.370 e. The van der Waals surface area contributed by atoms with Crippen molar-refractivity contribution in [2.75, 3.05) is 0 Å². The van der Waals surface area contributed by atoms with Gasteiger partial charge in [0.15, 0.2) is 5.96 Å². The minimum absolute atomic E-state index is 0.203. The van der Waals surface area contributed by atoms with E-state index in [9.17, 15) is 0 Å². The number of aryl methyl sites for hydroxylation is 1. The Bertz CT molecular complexity index is 630. The zero-order chi connectivity index (χ0) is 16.1. The highest BCUT2D eigenvalue weighted by Gasteiger charge is 2.34. The minimum atomic E-state index is 0.203. The summed E-state index contributed by atoms with van der Waals surface area (Å²) in [6.07, 6.45) is 4.28. The summed E-state index contributed by atoms with van der Waals surface area (Å²) < 4.78 is 0. The number of likely N-dealkylation sites (tertiary alicyclic amines) is 1. The lowest BCUT2D eigenvalue weighted by molar-refractivity contribution is 0.348. The summed E-state index contributed by atoms with van der Waals surface area (Å²) in [5.41, 5.74) is 7.25. The van der Waals surface area contributed by atoms with Crippen LogP contribution in [-0.4, -0.2) is 22.3 Å². The molecule has 0 aliphatic carbocycles. The molecule has 0 bridgehead atoms. The summed E-state index contributed by atoms with van der Waals surface area (Å²) in [5, 5.41) is 8.27. The number of nitrogens with zero attached hydrogens (tertiary/aromatic N) is 1. The topological polar surface area (TPSA) is 53.1 Å². The molecule has 3 nitrogen and oxygen atoms in total. The van der Waals surface area contributed by atoms with E-state index in [0.717, 1.165) is 25.7 Å². The average Bonchev–Trinajstić information content (AvgIpc) is 2.98. The smallest absolute Gasteiger partial charge is 0.189 e. The quantitative estimate of drug-likeness (QED) is 0.643. The second-order valence-corrected chi connectivity index (χ2v) is 7.18. The molecule has 0 radical (unpaired) electrons. The number of thioether (sulfide) groups is 1. The summed E-state index contributed by atoms with van der Waals surface area (Å²) >= 11 is 1.82. The van der Waals surface area contributed by atoms with E-state index in [-0.39, 0.29) is 11.3 Å². The maximum Gasteiger partial charge on any atom is 0.189 e. The molecule has 1 aliphatic heterocycles. The molecule has 1 fully saturated rings. The molecule has 1 saturated heterocycles. The molecule has 1 unspecified atom stereocenters. The van der Waals surface area contributed by atoms with Crippen LogP contribution < -0.4 is 5.73 Å². The summed E-state index contributed by atoms with van der Waals surface area (Å²) in [6.45, 7) is 0. The van der Waals surface area contributed by atoms with Gasteiger partial charge in [-0.3, -0.25) is 5.41 Å². The van der Waals surface area contributed by atoms with Gasteiger partial charge < -0.3 is 10.6 Å². The van der Waals surface area contributed by atoms with E-state index in [2.05, 4.69) is 53.4 Å². The van der Waals surface area contributed by atoms with Crippen LogP contribution in [0.15, 0.2) is 65.6 Å². The molecule has 4 heteroatoms. The number of hydrogen-bond acceptors (Lipinski definition) is 2. The maximum atomic E-state index is 7.99. The number of nitrogens with one attached hydrogen (secondary N) is 1. The van der Waals surface area contributed by atoms with Gasteiger partial charge in [0, 0.05) is 10.9 Å². The molecular formula is C19H23N3S. The van der Waals surface area contributed by atoms with Gasteiger partial charge in [0.05, 0.1) is 5.37 Å². The zero-order valence-corrected chi connectivity index (χ0v) is 14.0. The second-order valence-electron chi connectivity index (χ2n) is 5.93. The van der Waals surface area contributed by atoms with Gasteiger partial charge >= 0.3 is 0 Å². The predicted molar refractivity (Wildman–Crippen MR) is 97.6 cm³/mol. The molecule has 0 aromatic heterocycles. The van der Waals surface area contributed by atoms with Crippen molar-refractivity contribution in [3.8, 4) is 0 Å². The zero-order valence-electron chi connectivity index (χ0n) is 13.2. The Morgan fingerprint density at radius 2 is 1.70 bits per heavy atom. The first-order valence-electron chi connectivity index (χ1n) is 8.12. The molecule has 1 heterocycles. The van der Waals surface area contributed by atoms with Crippen molar-refractivity contribution in [2.45, 2.75) is 42.0 Å². The van der Waals surface area contributed by atoms with Crippen molar-refractivity contribution < 1.29 is 0 Å². The van der Waals surface area contributed by atoms with E-state index < -0.39 is 0 Å². The molecule has 23 heavy (non-hydrogen) atoms. The highest BCUT2D eigenvalue weighted by molar-refractivity contribution is 7.99. The third kappa shape index (κ3) is 4.08. The van der Waals surface area contributed by atoms with Crippen molar-refractivity contribution in [1.82, 2.24) is 4.90 Å². The Kier molecular flexibility index (Phi) is 5.23. The molecule has 2 aromatic rings. The van der Waals surface area contributed by atoms with Crippen LogP contribution in [0.3, 0.4) is 0 Å². The fourth-order valence-corrected chi connectivity index (χ4v) is 4.51. The molecule has 120 valence electrons. The summed E-state index contributed by atoms with van der Waals surface area (Å²) in [4.78, 5) is 3.35. The van der Waals surface area contributed by atoms with E-state index in [0.29, 0.717) is 6.04 Å². The Morgan fingerprint density at radius 3 is 2.35 bits per heavy atom. The highest BCUT2D eigenvalue weighted by Crippen LogP contribution is 2.37. The fraction of sp³-hybridized carbons (Fsp3) is 0.316.